The molecule has 0 spiro atoms. The highest BCUT2D eigenvalue weighted by atomic mass is 79.9. The monoisotopic (exact) mass is 300 g/mol. The Morgan fingerprint density at radius 3 is 2.31 bits per heavy atom. The summed E-state index contributed by atoms with van der Waals surface area (Å²) in [5.41, 5.74) is 0. The summed E-state index contributed by atoms with van der Waals surface area (Å²) in [5.74, 6) is -0.851. The molecule has 0 aromatic carbocycles. The average molecular weight is 301 g/mol. The minimum atomic E-state index is -3.15. The van der Waals surface area contributed by atoms with Crippen molar-refractivity contribution in [2.45, 2.75) is 56.7 Å². The highest BCUT2D eigenvalue weighted by Gasteiger charge is 2.28. The predicted octanol–water partition coefficient (Wildman–Crippen LogP) is 4.27. The van der Waals surface area contributed by atoms with E-state index in [0.29, 0.717) is 0 Å². The van der Waals surface area contributed by atoms with Crippen LogP contribution >= 0.6 is 15.9 Å². The summed E-state index contributed by atoms with van der Waals surface area (Å²) in [6.45, 7) is 2.39. The molecule has 0 aliphatic rings. The number of hydrogen-bond donors (Lipinski definition) is 0. The molecule has 0 aromatic heterocycles. The van der Waals surface area contributed by atoms with Crippen molar-refractivity contribution in [2.75, 3.05) is 6.61 Å². The predicted molar refractivity (Wildman–Crippen MR) is 62.8 cm³/mol. The molecule has 0 aliphatic carbocycles. The number of rotatable bonds is 9. The summed E-state index contributed by atoms with van der Waals surface area (Å²) in [6, 6.07) is 0. The van der Waals surface area contributed by atoms with E-state index in [0.717, 1.165) is 19.3 Å². The fraction of sp³-hybridized carbons (Fsp3) is 0.909. The lowest BCUT2D eigenvalue weighted by molar-refractivity contribution is -0.147. The van der Waals surface area contributed by atoms with Crippen molar-refractivity contribution < 1.29 is 18.3 Å². The van der Waals surface area contributed by atoms with Crippen molar-refractivity contribution in [3.8, 4) is 0 Å². The van der Waals surface area contributed by atoms with E-state index in [9.17, 15) is 13.6 Å². The van der Waals surface area contributed by atoms with E-state index in [-0.39, 0.29) is 6.61 Å². The van der Waals surface area contributed by atoms with Crippen molar-refractivity contribution in [3.05, 3.63) is 0 Å². The summed E-state index contributed by atoms with van der Waals surface area (Å²) in [5, 5.41) is 0. The Balaban J connectivity index is 3.28. The van der Waals surface area contributed by atoms with Gasteiger partial charge in [0.2, 0.25) is 0 Å². The molecule has 0 aliphatic heterocycles. The molecule has 0 rings (SSSR count). The van der Waals surface area contributed by atoms with Gasteiger partial charge in [0.15, 0.2) is 0 Å². The summed E-state index contributed by atoms with van der Waals surface area (Å²) < 4.78 is 29.3. The van der Waals surface area contributed by atoms with Gasteiger partial charge in [-0.1, -0.05) is 39.0 Å². The maximum Gasteiger partial charge on any atom is 0.312 e. The number of unbranched alkanes of at least 4 members (excludes halogenated alkanes) is 5. The van der Waals surface area contributed by atoms with Gasteiger partial charge in [0.05, 0.1) is 6.61 Å². The number of halogens is 3. The van der Waals surface area contributed by atoms with Gasteiger partial charge >= 0.3 is 10.8 Å². The maximum atomic E-state index is 12.3. The van der Waals surface area contributed by atoms with Gasteiger partial charge in [-0.15, -0.1) is 0 Å². The Morgan fingerprint density at radius 1 is 1.19 bits per heavy atom. The summed E-state index contributed by atoms with van der Waals surface area (Å²) in [7, 11) is 0. The highest BCUT2D eigenvalue weighted by molar-refractivity contribution is 9.10. The molecule has 0 radical (unpaired) electrons. The van der Waals surface area contributed by atoms with Crippen LogP contribution in [0.25, 0.3) is 0 Å². The van der Waals surface area contributed by atoms with Crippen molar-refractivity contribution in [1.82, 2.24) is 0 Å². The van der Waals surface area contributed by atoms with Gasteiger partial charge < -0.3 is 4.74 Å². The number of carbonyl (C=O) groups is 1. The zero-order chi connectivity index (χ0) is 12.4. The van der Waals surface area contributed by atoms with Gasteiger partial charge in [-0.3, -0.25) is 4.79 Å². The smallest absolute Gasteiger partial charge is 0.312 e. The second-order valence-corrected chi connectivity index (χ2v) is 4.94. The van der Waals surface area contributed by atoms with Crippen LogP contribution in [0, 0.1) is 0 Å². The number of alkyl halides is 3. The molecular formula is C11H19BrF2O2. The molecule has 0 saturated heterocycles. The Labute approximate surface area is 104 Å². The first-order valence-electron chi connectivity index (χ1n) is 5.68. The molecule has 0 bridgehead atoms. The van der Waals surface area contributed by atoms with Gasteiger partial charge in [0.25, 0.3) is 0 Å². The van der Waals surface area contributed by atoms with E-state index < -0.39 is 17.2 Å². The molecule has 96 valence electrons. The summed E-state index contributed by atoms with van der Waals surface area (Å²) in [6.07, 6.45) is 5.54. The van der Waals surface area contributed by atoms with Crippen molar-refractivity contribution in [2.24, 2.45) is 0 Å². The molecule has 0 amide bonds. The Kier molecular flexibility index (Phi) is 8.80. The van der Waals surface area contributed by atoms with Crippen LogP contribution in [-0.4, -0.2) is 17.4 Å². The molecule has 0 atom stereocenters. The third-order valence-electron chi connectivity index (χ3n) is 2.11. The molecule has 0 N–H and O–H groups in total. The molecular weight excluding hydrogens is 282 g/mol. The number of carbonyl (C=O) groups excluding carboxylic acids is 1. The van der Waals surface area contributed by atoms with Crippen molar-refractivity contribution in [3.63, 3.8) is 0 Å². The van der Waals surface area contributed by atoms with E-state index in [4.69, 9.17) is 0 Å². The zero-order valence-electron chi connectivity index (χ0n) is 9.61. The van der Waals surface area contributed by atoms with Gasteiger partial charge in [-0.2, -0.15) is 8.78 Å². The van der Waals surface area contributed by atoms with Gasteiger partial charge in [-0.25, -0.2) is 0 Å². The highest BCUT2D eigenvalue weighted by Crippen LogP contribution is 2.26. The minimum absolute atomic E-state index is 0.244. The zero-order valence-corrected chi connectivity index (χ0v) is 11.2. The largest absolute Gasteiger partial charge is 0.465 e. The minimum Gasteiger partial charge on any atom is -0.465 e. The van der Waals surface area contributed by atoms with Gasteiger partial charge in [0.1, 0.15) is 6.42 Å². The second-order valence-electron chi connectivity index (χ2n) is 3.78. The SMILES string of the molecule is CCCCCCCCOC(=O)CC(F)(F)Br. The average Bonchev–Trinajstić information content (AvgIpc) is 2.13. The lowest BCUT2D eigenvalue weighted by Crippen LogP contribution is -2.16. The molecule has 0 aromatic rings. The molecule has 2 nitrogen and oxygen atoms in total. The van der Waals surface area contributed by atoms with Gasteiger partial charge in [0, 0.05) is 0 Å². The topological polar surface area (TPSA) is 26.3 Å². The van der Waals surface area contributed by atoms with E-state index in [1.165, 1.54) is 19.3 Å². The number of ether oxygens (including phenoxy) is 1. The van der Waals surface area contributed by atoms with Crippen LogP contribution in [0.15, 0.2) is 0 Å². The molecule has 16 heavy (non-hydrogen) atoms. The van der Waals surface area contributed by atoms with E-state index in [1.807, 2.05) is 0 Å². The molecule has 5 heteroatoms. The van der Waals surface area contributed by atoms with Crippen LogP contribution in [0.4, 0.5) is 8.78 Å². The van der Waals surface area contributed by atoms with E-state index in [1.54, 1.807) is 0 Å². The number of hydrogen-bond acceptors (Lipinski definition) is 2. The second kappa shape index (κ2) is 8.90. The first-order chi connectivity index (χ1) is 7.45. The lowest BCUT2D eigenvalue weighted by Gasteiger charge is -2.08. The lowest BCUT2D eigenvalue weighted by atomic mass is 10.1. The van der Waals surface area contributed by atoms with Crippen LogP contribution in [0.3, 0.4) is 0 Å². The molecule has 0 saturated carbocycles. The van der Waals surface area contributed by atoms with Crippen LogP contribution < -0.4 is 0 Å². The van der Waals surface area contributed by atoms with E-state index >= 15 is 0 Å². The Morgan fingerprint density at radius 2 is 1.75 bits per heavy atom. The normalized spacial score (nSPS) is 11.5. The summed E-state index contributed by atoms with van der Waals surface area (Å²) in [4.78, 5) is 7.71. The Hall–Kier alpha value is -0.190. The molecule has 0 unspecified atom stereocenters. The van der Waals surface area contributed by atoms with Crippen LogP contribution in [-0.2, 0) is 9.53 Å². The summed E-state index contributed by atoms with van der Waals surface area (Å²) >= 11 is 2.10. The molecule has 0 heterocycles. The number of esters is 1. The third kappa shape index (κ3) is 11.9. The first kappa shape index (κ1) is 15.8. The van der Waals surface area contributed by atoms with Gasteiger partial charge in [-0.05, 0) is 22.4 Å². The third-order valence-corrected chi connectivity index (χ3v) is 2.39. The fourth-order valence-electron chi connectivity index (χ4n) is 1.28. The molecule has 0 fully saturated rings. The van der Waals surface area contributed by atoms with Crippen molar-refractivity contribution in [1.29, 1.82) is 0 Å². The maximum absolute atomic E-state index is 12.3. The fourth-order valence-corrected chi connectivity index (χ4v) is 1.51. The first-order valence-corrected chi connectivity index (χ1v) is 6.47. The van der Waals surface area contributed by atoms with E-state index in [2.05, 4.69) is 27.6 Å². The van der Waals surface area contributed by atoms with Crippen LogP contribution in [0.2, 0.25) is 0 Å². The van der Waals surface area contributed by atoms with Crippen molar-refractivity contribution >= 4 is 21.9 Å². The standard InChI is InChI=1S/C11H19BrF2O2/c1-2-3-4-5-6-7-8-16-10(15)9-11(12,13)14/h2-9H2,1H3. The van der Waals surface area contributed by atoms with Crippen LogP contribution in [0.5, 0.6) is 0 Å². The van der Waals surface area contributed by atoms with Crippen LogP contribution in [0.1, 0.15) is 51.9 Å². The quantitative estimate of drug-likeness (QED) is 0.361. The Bertz CT molecular complexity index is 193.